The zero-order valence-corrected chi connectivity index (χ0v) is 11.2. The molecule has 0 spiro atoms. The first-order valence-corrected chi connectivity index (χ1v) is 5.96. The largest absolute Gasteiger partial charge is 0.432 e. The number of amidine groups is 1. The average molecular weight is 309 g/mol. The smallest absolute Gasteiger partial charge is 0.311 e. The molecule has 0 amide bonds. The number of hydrogen-bond acceptors (Lipinski definition) is 6. The Kier molecular flexibility index (Phi) is 4.19. The van der Waals surface area contributed by atoms with Crippen molar-refractivity contribution in [1.29, 1.82) is 0 Å². The number of rotatable bonds is 4. The fourth-order valence-electron chi connectivity index (χ4n) is 1.50. The van der Waals surface area contributed by atoms with Crippen LogP contribution in [0.2, 0.25) is 5.02 Å². The second-order valence-electron chi connectivity index (χ2n) is 3.82. The zero-order valence-electron chi connectivity index (χ0n) is 10.4. The zero-order chi connectivity index (χ0) is 15.4. The summed E-state index contributed by atoms with van der Waals surface area (Å²) >= 11 is 5.80. The van der Waals surface area contributed by atoms with Crippen LogP contribution in [-0.2, 0) is 0 Å². The van der Waals surface area contributed by atoms with E-state index >= 15 is 0 Å². The highest BCUT2D eigenvalue weighted by Crippen LogP contribution is 2.33. The van der Waals surface area contributed by atoms with E-state index < -0.39 is 4.92 Å². The van der Waals surface area contributed by atoms with Crippen molar-refractivity contribution in [3.8, 4) is 11.6 Å². The van der Waals surface area contributed by atoms with Crippen molar-refractivity contribution < 1.29 is 14.9 Å². The summed E-state index contributed by atoms with van der Waals surface area (Å²) in [7, 11) is 0. The minimum absolute atomic E-state index is 0.0458. The number of pyridine rings is 1. The topological polar surface area (TPSA) is 124 Å². The van der Waals surface area contributed by atoms with Crippen LogP contribution in [0.3, 0.4) is 0 Å². The number of aromatic nitrogens is 1. The van der Waals surface area contributed by atoms with Crippen LogP contribution in [0.4, 0.5) is 5.69 Å². The lowest BCUT2D eigenvalue weighted by atomic mass is 10.3. The van der Waals surface area contributed by atoms with E-state index in [9.17, 15) is 10.1 Å². The van der Waals surface area contributed by atoms with E-state index in [1.54, 1.807) is 6.07 Å². The molecule has 0 radical (unpaired) electrons. The van der Waals surface area contributed by atoms with E-state index in [1.807, 2.05) is 0 Å². The Hall–Kier alpha value is -2.87. The number of nitrogens with zero attached hydrogens (tertiary/aromatic N) is 3. The lowest BCUT2D eigenvalue weighted by Crippen LogP contribution is -2.14. The Morgan fingerprint density at radius 1 is 1.43 bits per heavy atom. The highest BCUT2D eigenvalue weighted by molar-refractivity contribution is 6.30. The van der Waals surface area contributed by atoms with E-state index in [0.717, 1.165) is 0 Å². The van der Waals surface area contributed by atoms with Crippen molar-refractivity contribution in [3.63, 3.8) is 0 Å². The standard InChI is InChI=1S/C12H9ClN4O4/c13-7-4-5-9(17(19)20)10(6-7)21-11-3-1-2-8(15-11)12(14)16-18/h1-6,18H,(H2,14,16). The van der Waals surface area contributed by atoms with E-state index in [2.05, 4.69) is 10.1 Å². The number of hydrogen-bond donors (Lipinski definition) is 2. The van der Waals surface area contributed by atoms with Gasteiger partial charge in [-0.3, -0.25) is 10.1 Å². The van der Waals surface area contributed by atoms with E-state index in [1.165, 1.54) is 30.3 Å². The van der Waals surface area contributed by atoms with Crippen molar-refractivity contribution in [2.75, 3.05) is 0 Å². The molecule has 2 aromatic rings. The van der Waals surface area contributed by atoms with Crippen molar-refractivity contribution in [2.45, 2.75) is 0 Å². The Bertz CT molecular complexity index is 720. The molecule has 3 N–H and O–H groups in total. The van der Waals surface area contributed by atoms with Gasteiger partial charge in [0.2, 0.25) is 11.6 Å². The van der Waals surface area contributed by atoms with Crippen LogP contribution in [0, 0.1) is 10.1 Å². The molecule has 1 aromatic heterocycles. The molecule has 0 bridgehead atoms. The third-order valence-electron chi connectivity index (χ3n) is 2.43. The first kappa shape index (κ1) is 14.5. The summed E-state index contributed by atoms with van der Waals surface area (Å²) in [5.41, 5.74) is 5.32. The number of benzene rings is 1. The van der Waals surface area contributed by atoms with Crippen LogP contribution in [0.25, 0.3) is 0 Å². The van der Waals surface area contributed by atoms with Crippen LogP contribution in [0.5, 0.6) is 11.6 Å². The molecular formula is C12H9ClN4O4. The van der Waals surface area contributed by atoms with Gasteiger partial charge in [0.05, 0.1) is 4.92 Å². The van der Waals surface area contributed by atoms with Crippen molar-refractivity contribution in [3.05, 3.63) is 57.2 Å². The molecule has 1 heterocycles. The number of halogens is 1. The van der Waals surface area contributed by atoms with Crippen LogP contribution in [0.1, 0.15) is 5.69 Å². The van der Waals surface area contributed by atoms with E-state index in [-0.39, 0.29) is 33.9 Å². The van der Waals surface area contributed by atoms with Crippen LogP contribution >= 0.6 is 11.6 Å². The number of oxime groups is 1. The summed E-state index contributed by atoms with van der Waals surface area (Å²) in [6.07, 6.45) is 0. The normalized spacial score (nSPS) is 11.2. The van der Waals surface area contributed by atoms with Crippen LogP contribution < -0.4 is 10.5 Å². The molecule has 2 rings (SSSR count). The van der Waals surface area contributed by atoms with Gasteiger partial charge in [0.1, 0.15) is 5.69 Å². The summed E-state index contributed by atoms with van der Waals surface area (Å²) in [4.78, 5) is 14.3. The second kappa shape index (κ2) is 6.06. The third kappa shape index (κ3) is 3.37. The summed E-state index contributed by atoms with van der Waals surface area (Å²) in [5, 5.41) is 22.6. The quantitative estimate of drug-likeness (QED) is 0.294. The molecule has 9 heteroatoms. The van der Waals surface area contributed by atoms with Crippen LogP contribution in [-0.4, -0.2) is 21.0 Å². The average Bonchev–Trinajstić information content (AvgIpc) is 2.46. The molecule has 0 aliphatic rings. The number of nitro benzene ring substituents is 1. The lowest BCUT2D eigenvalue weighted by molar-refractivity contribution is -0.385. The maximum atomic E-state index is 10.9. The maximum Gasteiger partial charge on any atom is 0.311 e. The van der Waals surface area contributed by atoms with Crippen molar-refractivity contribution >= 4 is 23.1 Å². The van der Waals surface area contributed by atoms with Gasteiger partial charge in [-0.15, -0.1) is 0 Å². The highest BCUT2D eigenvalue weighted by Gasteiger charge is 2.17. The van der Waals surface area contributed by atoms with Gasteiger partial charge in [-0.1, -0.05) is 22.8 Å². The Balaban J connectivity index is 2.38. The molecule has 0 saturated heterocycles. The molecule has 21 heavy (non-hydrogen) atoms. The molecule has 8 nitrogen and oxygen atoms in total. The molecule has 0 fully saturated rings. The van der Waals surface area contributed by atoms with Gasteiger partial charge >= 0.3 is 5.69 Å². The maximum absolute atomic E-state index is 10.9. The van der Waals surface area contributed by atoms with Gasteiger partial charge in [-0.25, -0.2) is 4.98 Å². The molecule has 0 aliphatic heterocycles. The van der Waals surface area contributed by atoms with Crippen molar-refractivity contribution in [2.24, 2.45) is 10.9 Å². The van der Waals surface area contributed by atoms with Crippen LogP contribution in [0.15, 0.2) is 41.6 Å². The van der Waals surface area contributed by atoms with Gasteiger partial charge in [-0.05, 0) is 12.1 Å². The Labute approximate surface area is 123 Å². The fraction of sp³-hybridized carbons (Fsp3) is 0. The summed E-state index contributed by atoms with van der Waals surface area (Å²) in [6.45, 7) is 0. The monoisotopic (exact) mass is 308 g/mol. The molecule has 0 saturated carbocycles. The molecular weight excluding hydrogens is 300 g/mol. The summed E-state index contributed by atoms with van der Waals surface area (Å²) < 4.78 is 5.36. The van der Waals surface area contributed by atoms with Gasteiger partial charge < -0.3 is 15.7 Å². The van der Waals surface area contributed by atoms with Crippen molar-refractivity contribution in [1.82, 2.24) is 4.98 Å². The Morgan fingerprint density at radius 3 is 2.86 bits per heavy atom. The van der Waals surface area contributed by atoms with Gasteiger partial charge in [0, 0.05) is 23.2 Å². The molecule has 1 aromatic carbocycles. The summed E-state index contributed by atoms with van der Waals surface area (Å²) in [6, 6.07) is 8.43. The molecule has 0 aliphatic carbocycles. The minimum atomic E-state index is -0.598. The second-order valence-corrected chi connectivity index (χ2v) is 4.25. The highest BCUT2D eigenvalue weighted by atomic mass is 35.5. The minimum Gasteiger partial charge on any atom is -0.432 e. The van der Waals surface area contributed by atoms with Gasteiger partial charge in [-0.2, -0.15) is 0 Å². The number of ether oxygens (including phenoxy) is 1. The SMILES string of the molecule is NC(=NO)c1cccc(Oc2cc(Cl)ccc2[N+](=O)[O-])n1. The third-order valence-corrected chi connectivity index (χ3v) is 2.66. The van der Waals surface area contributed by atoms with Gasteiger partial charge in [0.25, 0.3) is 0 Å². The predicted octanol–water partition coefficient (Wildman–Crippen LogP) is 2.53. The van der Waals surface area contributed by atoms with E-state index in [0.29, 0.717) is 0 Å². The Morgan fingerprint density at radius 2 is 2.19 bits per heavy atom. The van der Waals surface area contributed by atoms with Gasteiger partial charge in [0.15, 0.2) is 5.84 Å². The predicted molar refractivity (Wildman–Crippen MR) is 74.9 cm³/mol. The molecule has 0 unspecified atom stereocenters. The lowest BCUT2D eigenvalue weighted by Gasteiger charge is -2.07. The number of nitrogens with two attached hydrogens (primary N) is 1. The molecule has 0 atom stereocenters. The molecule has 108 valence electrons. The summed E-state index contributed by atoms with van der Waals surface area (Å²) in [5.74, 6) is -0.220. The first-order valence-electron chi connectivity index (χ1n) is 5.58. The number of nitro groups is 1. The first-order chi connectivity index (χ1) is 10.0. The fourth-order valence-corrected chi connectivity index (χ4v) is 1.66. The van der Waals surface area contributed by atoms with E-state index in [4.69, 9.17) is 27.3 Å².